The molecular formula is C26H32N2O5. The van der Waals surface area contributed by atoms with Crippen LogP contribution in [0.15, 0.2) is 42.5 Å². The number of aliphatic hydroxyl groups is 1. The van der Waals surface area contributed by atoms with Crippen LogP contribution >= 0.6 is 0 Å². The van der Waals surface area contributed by atoms with Gasteiger partial charge in [-0.3, -0.25) is 9.59 Å². The van der Waals surface area contributed by atoms with E-state index < -0.39 is 5.60 Å². The number of aromatic hydroxyl groups is 1. The molecule has 176 valence electrons. The summed E-state index contributed by atoms with van der Waals surface area (Å²) in [4.78, 5) is 27.0. The smallest absolute Gasteiger partial charge is 0.254 e. The van der Waals surface area contributed by atoms with E-state index in [1.54, 1.807) is 36.4 Å². The molecule has 2 aromatic carbocycles. The molecule has 1 saturated heterocycles. The molecular weight excluding hydrogens is 420 g/mol. The van der Waals surface area contributed by atoms with E-state index >= 15 is 0 Å². The second-order valence-electron chi connectivity index (χ2n) is 9.07. The predicted molar refractivity (Wildman–Crippen MR) is 125 cm³/mol. The van der Waals surface area contributed by atoms with Crippen molar-refractivity contribution in [1.29, 1.82) is 0 Å². The molecule has 7 heteroatoms. The molecule has 2 fully saturated rings. The van der Waals surface area contributed by atoms with Crippen molar-refractivity contribution in [2.45, 2.75) is 57.6 Å². The van der Waals surface area contributed by atoms with Gasteiger partial charge in [-0.15, -0.1) is 0 Å². The van der Waals surface area contributed by atoms with Gasteiger partial charge in [-0.25, -0.2) is 0 Å². The summed E-state index contributed by atoms with van der Waals surface area (Å²) >= 11 is 0. The van der Waals surface area contributed by atoms with Gasteiger partial charge in [0.25, 0.3) is 5.91 Å². The second kappa shape index (κ2) is 9.43. The maximum atomic E-state index is 13.7. The number of fused-ring (bicyclic) bond motifs is 1. The fraction of sp³-hybridized carbons (Fsp3) is 0.462. The maximum Gasteiger partial charge on any atom is 0.254 e. The number of ether oxygens (including phenoxy) is 1. The molecule has 0 radical (unpaired) electrons. The molecule has 3 N–H and O–H groups in total. The van der Waals surface area contributed by atoms with Crippen LogP contribution in [0.1, 0.15) is 67.9 Å². The molecule has 0 aromatic heterocycles. The number of carbonyl (C=O) groups is 2. The molecule has 1 aliphatic carbocycles. The molecule has 3 atom stereocenters. The first-order valence-electron chi connectivity index (χ1n) is 11.7. The van der Waals surface area contributed by atoms with Crippen LogP contribution in [0.4, 0.5) is 5.69 Å². The monoisotopic (exact) mass is 452 g/mol. The number of hydrogen-bond acceptors (Lipinski definition) is 5. The average molecular weight is 453 g/mol. The van der Waals surface area contributed by atoms with Gasteiger partial charge in [-0.1, -0.05) is 25.0 Å². The molecule has 1 saturated carbocycles. The highest BCUT2D eigenvalue weighted by Gasteiger charge is 2.50. The number of anilines is 1. The Hall–Kier alpha value is -3.06. The zero-order valence-corrected chi connectivity index (χ0v) is 19.2. The Labute approximate surface area is 194 Å². The largest absolute Gasteiger partial charge is 0.504 e. The lowest BCUT2D eigenvalue weighted by atomic mass is 9.66. The fourth-order valence-electron chi connectivity index (χ4n) is 5.41. The van der Waals surface area contributed by atoms with Gasteiger partial charge in [0.1, 0.15) is 0 Å². The fourth-order valence-corrected chi connectivity index (χ4v) is 5.41. The minimum absolute atomic E-state index is 0.0520. The Morgan fingerprint density at radius 3 is 2.76 bits per heavy atom. The first kappa shape index (κ1) is 23.1. The highest BCUT2D eigenvalue weighted by molar-refractivity contribution is 5.97. The third-order valence-corrected chi connectivity index (χ3v) is 6.88. The van der Waals surface area contributed by atoms with E-state index in [-0.39, 0.29) is 29.5 Å². The molecule has 7 nitrogen and oxygen atoms in total. The van der Waals surface area contributed by atoms with Crippen molar-refractivity contribution in [3.63, 3.8) is 0 Å². The van der Waals surface area contributed by atoms with Gasteiger partial charge in [-0.05, 0) is 62.1 Å². The van der Waals surface area contributed by atoms with E-state index in [4.69, 9.17) is 4.74 Å². The molecule has 0 unspecified atom stereocenters. The summed E-state index contributed by atoms with van der Waals surface area (Å²) in [6.45, 7) is 4.11. The summed E-state index contributed by atoms with van der Waals surface area (Å²) in [7, 11) is 0. The van der Waals surface area contributed by atoms with Crippen LogP contribution in [0.2, 0.25) is 0 Å². The number of phenolic OH excluding ortho intramolecular Hbond substituents is 1. The lowest BCUT2D eigenvalue weighted by Crippen LogP contribution is -2.56. The molecule has 33 heavy (non-hydrogen) atoms. The molecule has 1 heterocycles. The number of carbonyl (C=O) groups excluding carboxylic acids is 2. The van der Waals surface area contributed by atoms with Gasteiger partial charge < -0.3 is 25.2 Å². The zero-order chi connectivity index (χ0) is 23.6. The number of amides is 2. The lowest BCUT2D eigenvalue weighted by molar-refractivity contribution is -0.115. The third-order valence-electron chi connectivity index (χ3n) is 6.88. The first-order chi connectivity index (χ1) is 15.8. The summed E-state index contributed by atoms with van der Waals surface area (Å²) in [5, 5.41) is 24.4. The SMILES string of the molecule is CCOc1cc([C@H]2[C@H]3CCCC[C@@]3(O)CCN2C(=O)c2cccc(NC(C)=O)c2)ccc1O. The summed E-state index contributed by atoms with van der Waals surface area (Å²) in [6.07, 6.45) is 4.06. The van der Waals surface area contributed by atoms with Crippen LogP contribution in [0.25, 0.3) is 0 Å². The van der Waals surface area contributed by atoms with Crippen molar-refractivity contribution < 1.29 is 24.5 Å². The number of phenols is 1. The van der Waals surface area contributed by atoms with Crippen molar-refractivity contribution in [3.05, 3.63) is 53.6 Å². The van der Waals surface area contributed by atoms with E-state index in [1.165, 1.54) is 6.92 Å². The van der Waals surface area contributed by atoms with E-state index in [9.17, 15) is 19.8 Å². The minimum Gasteiger partial charge on any atom is -0.504 e. The molecule has 0 bridgehead atoms. The Kier molecular flexibility index (Phi) is 6.61. The van der Waals surface area contributed by atoms with Crippen LogP contribution in [-0.2, 0) is 4.79 Å². The first-order valence-corrected chi connectivity index (χ1v) is 11.7. The highest BCUT2D eigenvalue weighted by Crippen LogP contribution is 2.50. The molecule has 4 rings (SSSR count). The van der Waals surface area contributed by atoms with Gasteiger partial charge in [0.15, 0.2) is 11.5 Å². The highest BCUT2D eigenvalue weighted by atomic mass is 16.5. The van der Waals surface area contributed by atoms with Crippen molar-refractivity contribution in [1.82, 2.24) is 4.90 Å². The molecule has 0 spiro atoms. The number of piperidine rings is 1. The normalized spacial score (nSPS) is 24.6. The van der Waals surface area contributed by atoms with E-state index in [0.717, 1.165) is 31.2 Å². The lowest BCUT2D eigenvalue weighted by Gasteiger charge is -2.52. The van der Waals surface area contributed by atoms with Crippen LogP contribution in [0.3, 0.4) is 0 Å². The molecule has 1 aliphatic heterocycles. The zero-order valence-electron chi connectivity index (χ0n) is 19.2. The van der Waals surface area contributed by atoms with Gasteiger partial charge in [0.05, 0.1) is 18.2 Å². The summed E-state index contributed by atoms with van der Waals surface area (Å²) in [5.74, 6) is -0.0289. The van der Waals surface area contributed by atoms with Crippen LogP contribution in [-0.4, -0.2) is 45.7 Å². The van der Waals surface area contributed by atoms with Crippen molar-refractivity contribution in [2.75, 3.05) is 18.5 Å². The van der Waals surface area contributed by atoms with Crippen molar-refractivity contribution in [3.8, 4) is 11.5 Å². The number of hydrogen-bond donors (Lipinski definition) is 3. The van der Waals surface area contributed by atoms with E-state index in [1.807, 2.05) is 17.9 Å². The Bertz CT molecular complexity index is 1040. The number of nitrogens with zero attached hydrogens (tertiary/aromatic N) is 1. The maximum absolute atomic E-state index is 13.7. The Balaban J connectivity index is 1.74. The van der Waals surface area contributed by atoms with Gasteiger partial charge in [0, 0.05) is 30.6 Å². The van der Waals surface area contributed by atoms with Crippen molar-refractivity contribution in [2.24, 2.45) is 5.92 Å². The van der Waals surface area contributed by atoms with Crippen LogP contribution < -0.4 is 10.1 Å². The summed E-state index contributed by atoms with van der Waals surface area (Å²) in [5.41, 5.74) is 1.07. The average Bonchev–Trinajstić information content (AvgIpc) is 2.79. The Morgan fingerprint density at radius 1 is 1.18 bits per heavy atom. The topological polar surface area (TPSA) is 99.1 Å². The van der Waals surface area contributed by atoms with Gasteiger partial charge in [0.2, 0.25) is 5.91 Å². The summed E-state index contributed by atoms with van der Waals surface area (Å²) in [6, 6.07) is 11.8. The summed E-state index contributed by atoms with van der Waals surface area (Å²) < 4.78 is 5.61. The van der Waals surface area contributed by atoms with Crippen molar-refractivity contribution >= 4 is 17.5 Å². The third kappa shape index (κ3) is 4.69. The van der Waals surface area contributed by atoms with Gasteiger partial charge in [-0.2, -0.15) is 0 Å². The number of likely N-dealkylation sites (tertiary alicyclic amines) is 1. The number of benzene rings is 2. The van der Waals surface area contributed by atoms with E-state index in [0.29, 0.717) is 36.6 Å². The number of rotatable bonds is 5. The van der Waals surface area contributed by atoms with Crippen LogP contribution in [0.5, 0.6) is 11.5 Å². The minimum atomic E-state index is -0.818. The standard InChI is InChI=1S/C26H32N2O5/c1-3-33-23-16-18(10-11-22(23)30)24-21-9-4-5-12-26(21,32)13-14-28(24)25(31)19-7-6-8-20(15-19)27-17(2)29/h6-8,10-11,15-16,21,24,30,32H,3-5,9,12-14H2,1-2H3,(H,27,29)/t21-,24+,26-/m1/s1. The van der Waals surface area contributed by atoms with Gasteiger partial charge >= 0.3 is 0 Å². The van der Waals surface area contributed by atoms with E-state index in [2.05, 4.69) is 5.32 Å². The predicted octanol–water partition coefficient (Wildman–Crippen LogP) is 4.26. The van der Waals surface area contributed by atoms with Crippen LogP contribution in [0, 0.1) is 5.92 Å². The quantitative estimate of drug-likeness (QED) is 0.630. The molecule has 2 aliphatic rings. The molecule has 2 aromatic rings. The molecule has 2 amide bonds. The second-order valence-corrected chi connectivity index (χ2v) is 9.07. The number of nitrogens with one attached hydrogen (secondary N) is 1. The Morgan fingerprint density at radius 2 is 2.00 bits per heavy atom.